The molecule has 5 heteroatoms. The number of hydrogen-bond donors (Lipinski definition) is 2. The quantitative estimate of drug-likeness (QED) is 0.739. The van der Waals surface area contributed by atoms with Gasteiger partial charge < -0.3 is 15.1 Å². The molecule has 0 saturated carbocycles. The number of rotatable bonds is 2. The van der Waals surface area contributed by atoms with Crippen molar-refractivity contribution in [1.29, 1.82) is 0 Å². The summed E-state index contributed by atoms with van der Waals surface area (Å²) >= 11 is 1.56. The molecule has 1 fully saturated rings. The summed E-state index contributed by atoms with van der Waals surface area (Å²) in [7, 11) is 0. The lowest BCUT2D eigenvalue weighted by molar-refractivity contribution is -0.129. The van der Waals surface area contributed by atoms with Crippen LogP contribution >= 0.6 is 11.3 Å². The number of β-amino-alcohol motifs (C(OH)–C–C–N with tert-alkyl or cyclic N) is 2. The van der Waals surface area contributed by atoms with Crippen molar-refractivity contribution in [3.05, 3.63) is 22.4 Å². The molecule has 2 atom stereocenters. The molecule has 15 heavy (non-hydrogen) atoms. The zero-order valence-corrected chi connectivity index (χ0v) is 8.98. The number of nitrogens with zero attached hydrogens (tertiary/aromatic N) is 1. The SMILES string of the molecule is O=C(Cc1ccsc1)N1CC(O)C(O)C1. The number of amides is 1. The van der Waals surface area contributed by atoms with Crippen LogP contribution in [0.1, 0.15) is 5.56 Å². The molecule has 0 bridgehead atoms. The molecule has 1 aromatic rings. The smallest absolute Gasteiger partial charge is 0.227 e. The lowest BCUT2D eigenvalue weighted by Crippen LogP contribution is -2.31. The van der Waals surface area contributed by atoms with E-state index in [1.807, 2.05) is 16.8 Å². The molecule has 0 spiro atoms. The fourth-order valence-corrected chi connectivity index (χ4v) is 2.32. The first-order chi connectivity index (χ1) is 7.16. The van der Waals surface area contributed by atoms with E-state index in [2.05, 4.69) is 0 Å². The van der Waals surface area contributed by atoms with Crippen LogP contribution < -0.4 is 0 Å². The minimum Gasteiger partial charge on any atom is -0.388 e. The molecule has 1 amide bonds. The zero-order valence-electron chi connectivity index (χ0n) is 8.17. The summed E-state index contributed by atoms with van der Waals surface area (Å²) in [5, 5.41) is 22.5. The van der Waals surface area contributed by atoms with Gasteiger partial charge >= 0.3 is 0 Å². The van der Waals surface area contributed by atoms with E-state index in [0.717, 1.165) is 5.56 Å². The summed E-state index contributed by atoms with van der Waals surface area (Å²) in [6.07, 6.45) is -1.24. The number of hydrogen-bond acceptors (Lipinski definition) is 4. The molecule has 0 aromatic carbocycles. The van der Waals surface area contributed by atoms with Gasteiger partial charge in [-0.05, 0) is 22.4 Å². The van der Waals surface area contributed by atoms with Crippen molar-refractivity contribution in [2.24, 2.45) is 0 Å². The maximum Gasteiger partial charge on any atom is 0.227 e. The lowest BCUT2D eigenvalue weighted by atomic mass is 10.2. The van der Waals surface area contributed by atoms with E-state index in [9.17, 15) is 15.0 Å². The Morgan fingerprint density at radius 3 is 2.67 bits per heavy atom. The van der Waals surface area contributed by atoms with Crippen molar-refractivity contribution < 1.29 is 15.0 Å². The number of aliphatic hydroxyl groups is 2. The first kappa shape index (κ1) is 10.6. The van der Waals surface area contributed by atoms with Gasteiger partial charge in [-0.25, -0.2) is 0 Å². The monoisotopic (exact) mass is 227 g/mol. The van der Waals surface area contributed by atoms with Gasteiger partial charge in [0.05, 0.1) is 18.6 Å². The molecule has 2 rings (SSSR count). The second-order valence-corrected chi connectivity index (χ2v) is 4.52. The summed E-state index contributed by atoms with van der Waals surface area (Å²) in [5.74, 6) is -0.0380. The zero-order chi connectivity index (χ0) is 10.8. The number of thiophene rings is 1. The van der Waals surface area contributed by atoms with E-state index in [-0.39, 0.29) is 19.0 Å². The highest BCUT2D eigenvalue weighted by molar-refractivity contribution is 7.07. The van der Waals surface area contributed by atoms with E-state index in [1.165, 1.54) is 4.90 Å². The highest BCUT2D eigenvalue weighted by Gasteiger charge is 2.32. The van der Waals surface area contributed by atoms with Crippen molar-refractivity contribution in [3.63, 3.8) is 0 Å². The van der Waals surface area contributed by atoms with Crippen LogP contribution in [0.4, 0.5) is 0 Å². The van der Waals surface area contributed by atoms with Crippen LogP contribution in [0.25, 0.3) is 0 Å². The van der Waals surface area contributed by atoms with Crippen LogP contribution in [0.5, 0.6) is 0 Å². The van der Waals surface area contributed by atoms with Gasteiger partial charge in [0.15, 0.2) is 0 Å². The average molecular weight is 227 g/mol. The van der Waals surface area contributed by atoms with Crippen molar-refractivity contribution >= 4 is 17.2 Å². The summed E-state index contributed by atoms with van der Waals surface area (Å²) in [6, 6.07) is 1.91. The number of likely N-dealkylation sites (tertiary alicyclic amines) is 1. The molecule has 1 saturated heterocycles. The molecule has 1 aromatic heterocycles. The molecule has 2 heterocycles. The van der Waals surface area contributed by atoms with E-state index in [4.69, 9.17) is 0 Å². The minimum absolute atomic E-state index is 0.0380. The Hall–Kier alpha value is -0.910. The lowest BCUT2D eigenvalue weighted by Gasteiger charge is -2.14. The molecule has 0 aliphatic carbocycles. The van der Waals surface area contributed by atoms with Crippen LogP contribution in [0.15, 0.2) is 16.8 Å². The Balaban J connectivity index is 1.92. The minimum atomic E-state index is -0.795. The summed E-state index contributed by atoms with van der Waals surface area (Å²) in [6.45, 7) is 0.480. The highest BCUT2D eigenvalue weighted by Crippen LogP contribution is 2.13. The van der Waals surface area contributed by atoms with Crippen molar-refractivity contribution in [1.82, 2.24) is 4.90 Å². The van der Waals surface area contributed by atoms with Gasteiger partial charge in [-0.15, -0.1) is 0 Å². The predicted molar refractivity (Wildman–Crippen MR) is 56.6 cm³/mol. The summed E-state index contributed by atoms with van der Waals surface area (Å²) in [4.78, 5) is 13.2. The Morgan fingerprint density at radius 2 is 2.13 bits per heavy atom. The molecule has 4 nitrogen and oxygen atoms in total. The first-order valence-corrected chi connectivity index (χ1v) is 5.76. The van der Waals surface area contributed by atoms with E-state index >= 15 is 0 Å². The number of carbonyl (C=O) groups is 1. The standard InChI is InChI=1S/C10H13NO3S/c12-8-4-11(5-9(8)13)10(14)3-7-1-2-15-6-7/h1-2,6,8-9,12-13H,3-5H2. The predicted octanol–water partition coefficient (Wildman–Crippen LogP) is -0.145. The molecular formula is C10H13NO3S. The molecule has 1 aliphatic rings. The van der Waals surface area contributed by atoms with Gasteiger partial charge in [0.1, 0.15) is 0 Å². The van der Waals surface area contributed by atoms with Crippen molar-refractivity contribution in [3.8, 4) is 0 Å². The second-order valence-electron chi connectivity index (χ2n) is 3.74. The van der Waals surface area contributed by atoms with Gasteiger partial charge in [-0.3, -0.25) is 4.79 Å². The highest BCUT2D eigenvalue weighted by atomic mass is 32.1. The fraction of sp³-hybridized carbons (Fsp3) is 0.500. The largest absolute Gasteiger partial charge is 0.388 e. The normalized spacial score (nSPS) is 25.9. The Labute approximate surface area is 91.8 Å². The van der Waals surface area contributed by atoms with Crippen LogP contribution in [0.2, 0.25) is 0 Å². The van der Waals surface area contributed by atoms with Crippen LogP contribution in [-0.4, -0.2) is 46.3 Å². The van der Waals surface area contributed by atoms with Crippen molar-refractivity contribution in [2.45, 2.75) is 18.6 Å². The topological polar surface area (TPSA) is 60.8 Å². The first-order valence-electron chi connectivity index (χ1n) is 4.82. The Kier molecular flexibility index (Phi) is 3.04. The maximum absolute atomic E-state index is 11.7. The van der Waals surface area contributed by atoms with Crippen LogP contribution in [0.3, 0.4) is 0 Å². The molecule has 0 radical (unpaired) electrons. The molecular weight excluding hydrogens is 214 g/mol. The van der Waals surface area contributed by atoms with Crippen LogP contribution in [-0.2, 0) is 11.2 Å². The van der Waals surface area contributed by atoms with E-state index in [1.54, 1.807) is 11.3 Å². The van der Waals surface area contributed by atoms with Gasteiger partial charge in [-0.1, -0.05) is 0 Å². The van der Waals surface area contributed by atoms with E-state index in [0.29, 0.717) is 6.42 Å². The number of aliphatic hydroxyl groups excluding tert-OH is 2. The fourth-order valence-electron chi connectivity index (χ4n) is 1.65. The summed E-state index contributed by atoms with van der Waals surface area (Å²) in [5.41, 5.74) is 0.987. The number of carbonyl (C=O) groups excluding carboxylic acids is 1. The maximum atomic E-state index is 11.7. The molecule has 1 aliphatic heterocycles. The average Bonchev–Trinajstić information content (AvgIpc) is 2.78. The Bertz CT molecular complexity index is 328. The van der Waals surface area contributed by atoms with Crippen LogP contribution in [0, 0.1) is 0 Å². The third-order valence-electron chi connectivity index (χ3n) is 2.55. The Morgan fingerprint density at radius 1 is 1.47 bits per heavy atom. The molecule has 82 valence electrons. The molecule has 2 unspecified atom stereocenters. The van der Waals surface area contributed by atoms with E-state index < -0.39 is 12.2 Å². The van der Waals surface area contributed by atoms with Gasteiger partial charge in [-0.2, -0.15) is 11.3 Å². The van der Waals surface area contributed by atoms with Gasteiger partial charge in [0.25, 0.3) is 0 Å². The third kappa shape index (κ3) is 2.37. The third-order valence-corrected chi connectivity index (χ3v) is 3.28. The second kappa shape index (κ2) is 4.30. The molecule has 2 N–H and O–H groups in total. The van der Waals surface area contributed by atoms with Crippen molar-refractivity contribution in [2.75, 3.05) is 13.1 Å². The van der Waals surface area contributed by atoms with Gasteiger partial charge in [0, 0.05) is 13.1 Å². The summed E-state index contributed by atoms with van der Waals surface area (Å²) < 4.78 is 0. The van der Waals surface area contributed by atoms with Gasteiger partial charge in [0.2, 0.25) is 5.91 Å².